The van der Waals surface area contributed by atoms with Crippen LogP contribution < -0.4 is 15.4 Å². The number of hydrogen-bond acceptors (Lipinski definition) is 5. The second kappa shape index (κ2) is 11.3. The topological polar surface area (TPSA) is 123 Å². The quantitative estimate of drug-likeness (QED) is 0.156. The molecule has 40 heavy (non-hydrogen) atoms. The number of nitrogens with zero attached hydrogens (tertiary/aromatic N) is 2. The van der Waals surface area contributed by atoms with Gasteiger partial charge in [0.2, 0.25) is 11.6 Å². The number of carbonyl (C=O) groups is 2. The van der Waals surface area contributed by atoms with E-state index >= 15 is 0 Å². The Morgan fingerprint density at radius 3 is 2.80 bits per heavy atom. The molecular formula is C28H24ClF2N5O4. The van der Waals surface area contributed by atoms with Crippen LogP contribution in [0.5, 0.6) is 0 Å². The van der Waals surface area contributed by atoms with E-state index in [0.717, 1.165) is 18.3 Å². The fraction of sp³-hybridized carbons (Fsp3) is 0.214. The van der Waals surface area contributed by atoms with Crippen LogP contribution in [0.15, 0.2) is 54.9 Å². The first-order valence-electron chi connectivity index (χ1n) is 12.5. The van der Waals surface area contributed by atoms with Crippen molar-refractivity contribution >= 4 is 35.0 Å². The number of hydrogen-bond donors (Lipinski definition) is 3. The molecule has 0 saturated heterocycles. The van der Waals surface area contributed by atoms with E-state index in [0.29, 0.717) is 58.1 Å². The first-order valence-corrected chi connectivity index (χ1v) is 12.8. The number of fused-ring (bicyclic) bond motifs is 4. The fourth-order valence-corrected chi connectivity index (χ4v) is 4.91. The fourth-order valence-electron chi connectivity index (χ4n) is 4.75. The summed E-state index contributed by atoms with van der Waals surface area (Å²) in [5.74, 6) is -1.96. The molecule has 0 saturated carbocycles. The van der Waals surface area contributed by atoms with Crippen LogP contribution in [0.1, 0.15) is 43.1 Å². The monoisotopic (exact) mass is 567 g/mol. The van der Waals surface area contributed by atoms with Crippen LogP contribution in [0.25, 0.3) is 22.4 Å². The maximum atomic E-state index is 14.6. The van der Waals surface area contributed by atoms with Crippen molar-refractivity contribution in [1.29, 1.82) is 0 Å². The SMILES string of the molecule is COC(=O)Nc1ccc2c(c1)NC(=O)CCCCC(c1ccc(-c3c(F)ccc(Cl)c3F)c[n+]1[O-])c1ncc-2[nH]1. The number of rotatable bonds is 3. The number of anilines is 2. The minimum Gasteiger partial charge on any atom is -0.618 e. The minimum atomic E-state index is -0.946. The Kier molecular flexibility index (Phi) is 7.65. The van der Waals surface area contributed by atoms with Gasteiger partial charge in [-0.1, -0.05) is 18.0 Å². The van der Waals surface area contributed by atoms with Crippen LogP contribution in [0.3, 0.4) is 0 Å². The number of nitrogens with one attached hydrogen (secondary N) is 3. The summed E-state index contributed by atoms with van der Waals surface area (Å²) in [6, 6.07) is 10.1. The average molecular weight is 568 g/mol. The second-order valence-corrected chi connectivity index (χ2v) is 9.70. The number of carbonyl (C=O) groups excluding carboxylic acids is 2. The molecule has 0 spiro atoms. The highest BCUT2D eigenvalue weighted by Gasteiger charge is 2.27. The standard InChI is InChI=1S/C28H24ClF2N5O4/c1-40-28(38)33-16-7-8-17-21(12-16)34-24(37)5-3-2-4-18(27-32-13-22(17)35-27)23-11-6-15(14-36(23)39)25-20(30)10-9-19(29)26(25)31/h6-14,18H,2-5H2,1H3,(H,32,35)(H,33,38)(H,34,37). The second-order valence-electron chi connectivity index (χ2n) is 9.29. The van der Waals surface area contributed by atoms with Gasteiger partial charge in [0.15, 0.2) is 12.0 Å². The van der Waals surface area contributed by atoms with Crippen molar-refractivity contribution in [1.82, 2.24) is 9.97 Å². The predicted molar refractivity (Wildman–Crippen MR) is 145 cm³/mol. The lowest BCUT2D eigenvalue weighted by Gasteiger charge is -2.17. The van der Waals surface area contributed by atoms with Crippen molar-refractivity contribution in [2.24, 2.45) is 0 Å². The van der Waals surface area contributed by atoms with Crippen molar-refractivity contribution < 1.29 is 27.8 Å². The molecule has 0 aliphatic carbocycles. The molecule has 4 aromatic rings. The highest BCUT2D eigenvalue weighted by Crippen LogP contribution is 2.35. The van der Waals surface area contributed by atoms with Crippen molar-refractivity contribution in [3.8, 4) is 22.4 Å². The Bertz CT molecular complexity index is 1610. The van der Waals surface area contributed by atoms with Crippen LogP contribution in [-0.4, -0.2) is 29.1 Å². The molecule has 2 aromatic heterocycles. The number of imidazole rings is 1. The summed E-state index contributed by atoms with van der Waals surface area (Å²) in [6.07, 6.45) is 3.94. The number of halogens is 3. The summed E-state index contributed by atoms with van der Waals surface area (Å²) in [7, 11) is 1.25. The lowest BCUT2D eigenvalue weighted by Crippen LogP contribution is -2.34. The first kappa shape index (κ1) is 27.1. The molecule has 1 atom stereocenters. The molecule has 1 aliphatic heterocycles. The van der Waals surface area contributed by atoms with Gasteiger partial charge < -0.3 is 20.2 Å². The van der Waals surface area contributed by atoms with Gasteiger partial charge >= 0.3 is 6.09 Å². The summed E-state index contributed by atoms with van der Waals surface area (Å²) in [5.41, 5.74) is 2.08. The van der Waals surface area contributed by atoms with Gasteiger partial charge in [-0.15, -0.1) is 0 Å². The van der Waals surface area contributed by atoms with Gasteiger partial charge in [0.25, 0.3) is 0 Å². The number of methoxy groups -OCH3 is 1. The highest BCUT2D eigenvalue weighted by molar-refractivity contribution is 6.31. The average Bonchev–Trinajstić information content (AvgIpc) is 3.41. The van der Waals surface area contributed by atoms with Gasteiger partial charge in [0, 0.05) is 23.7 Å². The van der Waals surface area contributed by atoms with E-state index in [2.05, 4.69) is 25.3 Å². The number of ether oxygens (including phenoxy) is 1. The molecule has 3 N–H and O–H groups in total. The Morgan fingerprint density at radius 1 is 1.20 bits per heavy atom. The van der Waals surface area contributed by atoms with Crippen LogP contribution in [0.2, 0.25) is 5.02 Å². The normalized spacial score (nSPS) is 15.3. The number of amides is 2. The predicted octanol–water partition coefficient (Wildman–Crippen LogP) is 6.13. The van der Waals surface area contributed by atoms with E-state index < -0.39 is 23.6 Å². The molecule has 1 unspecified atom stereocenters. The lowest BCUT2D eigenvalue weighted by molar-refractivity contribution is -0.614. The van der Waals surface area contributed by atoms with E-state index in [1.54, 1.807) is 24.4 Å². The summed E-state index contributed by atoms with van der Waals surface area (Å²) < 4.78 is 34.2. The first-order chi connectivity index (χ1) is 19.2. The van der Waals surface area contributed by atoms with E-state index in [1.807, 2.05) is 0 Å². The lowest BCUT2D eigenvalue weighted by atomic mass is 9.95. The van der Waals surface area contributed by atoms with Gasteiger partial charge in [0.1, 0.15) is 17.6 Å². The third-order valence-electron chi connectivity index (χ3n) is 6.72. The van der Waals surface area contributed by atoms with Crippen molar-refractivity contribution in [3.05, 3.63) is 88.2 Å². The Labute approximate surface area is 232 Å². The minimum absolute atomic E-state index is 0.0477. The Hall–Kier alpha value is -4.51. The molecule has 2 aromatic carbocycles. The molecule has 9 nitrogen and oxygen atoms in total. The van der Waals surface area contributed by atoms with Crippen LogP contribution in [0, 0.1) is 16.8 Å². The highest BCUT2D eigenvalue weighted by atomic mass is 35.5. The molecule has 206 valence electrons. The van der Waals surface area contributed by atoms with Gasteiger partial charge in [-0.3, -0.25) is 10.1 Å². The molecule has 0 fully saturated rings. The van der Waals surface area contributed by atoms with Gasteiger partial charge in [-0.25, -0.2) is 18.6 Å². The van der Waals surface area contributed by atoms with Crippen molar-refractivity contribution in [2.75, 3.05) is 17.7 Å². The summed E-state index contributed by atoms with van der Waals surface area (Å²) in [6.45, 7) is 0. The van der Waals surface area contributed by atoms with E-state index in [4.69, 9.17) is 11.6 Å². The Morgan fingerprint density at radius 2 is 2.02 bits per heavy atom. The number of aromatic amines is 1. The largest absolute Gasteiger partial charge is 0.618 e. The third-order valence-corrected chi connectivity index (χ3v) is 7.01. The summed E-state index contributed by atoms with van der Waals surface area (Å²) in [4.78, 5) is 32.2. The van der Waals surface area contributed by atoms with E-state index in [1.165, 1.54) is 19.2 Å². The van der Waals surface area contributed by atoms with Crippen molar-refractivity contribution in [3.63, 3.8) is 0 Å². The molecule has 1 aliphatic rings. The molecule has 12 heteroatoms. The maximum Gasteiger partial charge on any atom is 0.411 e. The molecule has 2 amide bonds. The number of pyridine rings is 1. The van der Waals surface area contributed by atoms with Gasteiger partial charge in [0.05, 0.1) is 40.8 Å². The maximum absolute atomic E-state index is 14.6. The molecular weight excluding hydrogens is 544 g/mol. The molecule has 2 bridgehead atoms. The third kappa shape index (κ3) is 5.46. The summed E-state index contributed by atoms with van der Waals surface area (Å²) >= 11 is 5.83. The zero-order valence-electron chi connectivity index (χ0n) is 21.3. The van der Waals surface area contributed by atoms with Crippen LogP contribution in [0.4, 0.5) is 25.0 Å². The molecule has 0 radical (unpaired) electrons. The molecule has 5 rings (SSSR count). The molecule has 3 heterocycles. The number of H-pyrrole nitrogens is 1. The van der Waals surface area contributed by atoms with Gasteiger partial charge in [-0.2, -0.15) is 4.73 Å². The van der Waals surface area contributed by atoms with Gasteiger partial charge in [-0.05, 0) is 49.2 Å². The van der Waals surface area contributed by atoms with Crippen molar-refractivity contribution in [2.45, 2.75) is 31.6 Å². The summed E-state index contributed by atoms with van der Waals surface area (Å²) in [5, 5.41) is 18.4. The van der Waals surface area contributed by atoms with E-state index in [-0.39, 0.29) is 28.5 Å². The van der Waals surface area contributed by atoms with E-state index in [9.17, 15) is 23.6 Å². The number of aromatic nitrogens is 3. The zero-order chi connectivity index (χ0) is 28.4. The number of benzene rings is 2. The Balaban J connectivity index is 1.53. The zero-order valence-corrected chi connectivity index (χ0v) is 22.0. The van der Waals surface area contributed by atoms with Crippen LogP contribution in [-0.2, 0) is 9.53 Å². The smallest absolute Gasteiger partial charge is 0.411 e. The van der Waals surface area contributed by atoms with Crippen LogP contribution >= 0.6 is 11.6 Å².